The highest BCUT2D eigenvalue weighted by Gasteiger charge is 2.37. The van der Waals surface area contributed by atoms with Crippen molar-refractivity contribution in [3.63, 3.8) is 0 Å². The Morgan fingerprint density at radius 2 is 1.85 bits per heavy atom. The summed E-state index contributed by atoms with van der Waals surface area (Å²) in [5, 5.41) is 0. The van der Waals surface area contributed by atoms with Gasteiger partial charge in [-0.1, -0.05) is 37.3 Å². The Morgan fingerprint density at radius 1 is 1.11 bits per heavy atom. The number of carbonyl (C=O) groups excluding carboxylic acids is 1. The van der Waals surface area contributed by atoms with Crippen molar-refractivity contribution in [2.75, 3.05) is 12.3 Å². The summed E-state index contributed by atoms with van der Waals surface area (Å²) in [4.78, 5) is 23.7. The molecule has 1 aromatic carbocycles. The first-order valence-corrected chi connectivity index (χ1v) is 8.91. The molecule has 3 heterocycles. The van der Waals surface area contributed by atoms with Gasteiger partial charge in [-0.2, -0.15) is 0 Å². The van der Waals surface area contributed by atoms with Crippen LogP contribution < -0.4 is 5.73 Å². The predicted octanol–water partition coefficient (Wildman–Crippen LogP) is 3.99. The molecule has 2 N–H and O–H groups in total. The molecule has 0 unspecified atom stereocenters. The van der Waals surface area contributed by atoms with Crippen LogP contribution in [0.5, 0.6) is 0 Å². The van der Waals surface area contributed by atoms with Crippen molar-refractivity contribution in [1.82, 2.24) is 14.9 Å². The molecule has 0 bridgehead atoms. The topological polar surface area (TPSA) is 85.2 Å². The molecule has 6 nitrogen and oxygen atoms in total. The zero-order valence-corrected chi connectivity index (χ0v) is 15.3. The molecular weight excluding hydrogens is 340 g/mol. The number of hydrogen-bond donors (Lipinski definition) is 1. The van der Waals surface area contributed by atoms with Crippen LogP contribution in [0.1, 0.15) is 40.7 Å². The van der Waals surface area contributed by atoms with E-state index >= 15 is 0 Å². The third-order valence-electron chi connectivity index (χ3n) is 4.44. The summed E-state index contributed by atoms with van der Waals surface area (Å²) in [6.45, 7) is 4.47. The van der Waals surface area contributed by atoms with Gasteiger partial charge in [-0.05, 0) is 37.1 Å². The fraction of sp³-hybridized carbons (Fsp3) is 0.190. The summed E-state index contributed by atoms with van der Waals surface area (Å²) >= 11 is 0. The van der Waals surface area contributed by atoms with E-state index in [4.69, 9.17) is 10.2 Å². The van der Waals surface area contributed by atoms with Gasteiger partial charge >= 0.3 is 0 Å². The Balaban J connectivity index is 1.94. The van der Waals surface area contributed by atoms with Crippen LogP contribution in [-0.2, 0) is 0 Å². The second-order valence-electron chi connectivity index (χ2n) is 6.46. The lowest BCUT2D eigenvalue weighted by Gasteiger charge is -2.16. The summed E-state index contributed by atoms with van der Waals surface area (Å²) in [6.07, 6.45) is 2.78. The van der Waals surface area contributed by atoms with Gasteiger partial charge in [-0.25, -0.2) is 9.97 Å². The lowest BCUT2D eigenvalue weighted by molar-refractivity contribution is 0.0851. The molecule has 3 aromatic rings. The fourth-order valence-corrected chi connectivity index (χ4v) is 3.28. The average molecular weight is 360 g/mol. The van der Waals surface area contributed by atoms with E-state index in [1.54, 1.807) is 11.0 Å². The number of rotatable bonds is 4. The van der Waals surface area contributed by atoms with E-state index in [1.807, 2.05) is 56.3 Å². The normalized spacial score (nSPS) is 14.8. The highest BCUT2D eigenvalue weighted by Crippen LogP contribution is 2.38. The summed E-state index contributed by atoms with van der Waals surface area (Å²) in [6, 6.07) is 13.5. The number of aryl methyl sites for hydroxylation is 1. The first-order chi connectivity index (χ1) is 13.1. The van der Waals surface area contributed by atoms with Crippen LogP contribution in [0.15, 0.2) is 46.9 Å². The molecule has 1 amide bonds. The van der Waals surface area contributed by atoms with Crippen LogP contribution >= 0.6 is 0 Å². The van der Waals surface area contributed by atoms with Crippen molar-refractivity contribution < 1.29 is 9.21 Å². The van der Waals surface area contributed by atoms with E-state index in [9.17, 15) is 4.79 Å². The minimum Gasteiger partial charge on any atom is -0.460 e. The molecule has 0 atom stereocenters. The highest BCUT2D eigenvalue weighted by atomic mass is 16.3. The van der Waals surface area contributed by atoms with Gasteiger partial charge in [0.15, 0.2) is 5.76 Å². The smallest absolute Gasteiger partial charge is 0.262 e. The maximum Gasteiger partial charge on any atom is 0.262 e. The Morgan fingerprint density at radius 3 is 2.52 bits per heavy atom. The molecule has 0 saturated heterocycles. The van der Waals surface area contributed by atoms with Gasteiger partial charge in [-0.15, -0.1) is 0 Å². The monoisotopic (exact) mass is 360 g/mol. The van der Waals surface area contributed by atoms with Crippen LogP contribution in [0.2, 0.25) is 0 Å². The molecule has 6 heteroatoms. The number of anilines is 1. The Bertz CT molecular complexity index is 1040. The van der Waals surface area contributed by atoms with Crippen molar-refractivity contribution in [2.24, 2.45) is 0 Å². The Kier molecular flexibility index (Phi) is 4.24. The van der Waals surface area contributed by atoms with Gasteiger partial charge in [0.05, 0.1) is 11.3 Å². The predicted molar refractivity (Wildman–Crippen MR) is 105 cm³/mol. The molecule has 1 aliphatic heterocycles. The van der Waals surface area contributed by atoms with Gasteiger partial charge in [0.2, 0.25) is 5.95 Å². The number of nitrogen functional groups attached to an aromatic ring is 1. The van der Waals surface area contributed by atoms with Crippen molar-refractivity contribution in [3.05, 3.63) is 65.0 Å². The van der Waals surface area contributed by atoms with Gasteiger partial charge in [0.25, 0.3) is 5.91 Å². The largest absolute Gasteiger partial charge is 0.460 e. The standard InChI is InChI=1S/C21H20N4O2/c1-3-11-25-15(12-14-7-5-4-6-8-14)18-17(20(25)26)19(24-21(22)23-18)16-10-9-13(2)27-16/h4-10,12H,3,11H2,1-2H3,(H2,22,23,24)/b15-12+. The number of hydrogen-bond acceptors (Lipinski definition) is 5. The summed E-state index contributed by atoms with van der Waals surface area (Å²) in [7, 11) is 0. The van der Waals surface area contributed by atoms with E-state index in [-0.39, 0.29) is 11.9 Å². The molecule has 1 aliphatic rings. The second-order valence-corrected chi connectivity index (χ2v) is 6.46. The van der Waals surface area contributed by atoms with Crippen molar-refractivity contribution in [3.8, 4) is 11.5 Å². The van der Waals surface area contributed by atoms with E-state index in [2.05, 4.69) is 9.97 Å². The number of aromatic nitrogens is 2. The number of furan rings is 1. The van der Waals surface area contributed by atoms with Crippen LogP contribution in [0.25, 0.3) is 23.2 Å². The van der Waals surface area contributed by atoms with Crippen LogP contribution in [-0.4, -0.2) is 27.3 Å². The molecule has 0 saturated carbocycles. The van der Waals surface area contributed by atoms with E-state index in [1.165, 1.54) is 0 Å². The van der Waals surface area contributed by atoms with Crippen LogP contribution in [0, 0.1) is 6.92 Å². The Hall–Kier alpha value is -3.41. The quantitative estimate of drug-likeness (QED) is 0.760. The molecule has 0 aliphatic carbocycles. The number of amides is 1. The van der Waals surface area contributed by atoms with Gasteiger partial charge in [0.1, 0.15) is 17.1 Å². The van der Waals surface area contributed by atoms with Crippen LogP contribution in [0.3, 0.4) is 0 Å². The van der Waals surface area contributed by atoms with Gasteiger partial charge < -0.3 is 15.1 Å². The lowest BCUT2D eigenvalue weighted by Crippen LogP contribution is -2.24. The first kappa shape index (κ1) is 17.0. The molecular formula is C21H20N4O2. The molecule has 4 rings (SSSR count). The number of nitrogens with two attached hydrogens (primary N) is 1. The summed E-state index contributed by atoms with van der Waals surface area (Å²) in [5.74, 6) is 1.25. The second kappa shape index (κ2) is 6.72. The van der Waals surface area contributed by atoms with Crippen molar-refractivity contribution in [1.29, 1.82) is 0 Å². The molecule has 0 spiro atoms. The minimum atomic E-state index is -0.127. The maximum absolute atomic E-state index is 13.2. The third kappa shape index (κ3) is 2.99. The molecule has 136 valence electrons. The SMILES string of the molecule is CCCN1C(=O)c2c(nc(N)nc2-c2ccc(C)o2)/C1=C\c1ccccc1. The van der Waals surface area contributed by atoms with Gasteiger partial charge in [-0.3, -0.25) is 4.79 Å². The van der Waals surface area contributed by atoms with E-state index in [0.717, 1.165) is 23.4 Å². The van der Waals surface area contributed by atoms with Gasteiger partial charge in [0, 0.05) is 6.54 Å². The molecule has 0 fully saturated rings. The zero-order chi connectivity index (χ0) is 19.0. The van der Waals surface area contributed by atoms with E-state index < -0.39 is 0 Å². The Labute approximate surface area is 157 Å². The summed E-state index contributed by atoms with van der Waals surface area (Å²) in [5.41, 5.74) is 9.13. The third-order valence-corrected chi connectivity index (χ3v) is 4.44. The molecule has 0 radical (unpaired) electrons. The minimum absolute atomic E-state index is 0.114. The maximum atomic E-state index is 13.2. The first-order valence-electron chi connectivity index (χ1n) is 8.91. The number of benzene rings is 1. The van der Waals surface area contributed by atoms with E-state index in [0.29, 0.717) is 29.3 Å². The van der Waals surface area contributed by atoms with Crippen molar-refractivity contribution in [2.45, 2.75) is 20.3 Å². The highest BCUT2D eigenvalue weighted by molar-refractivity contribution is 6.14. The lowest BCUT2D eigenvalue weighted by atomic mass is 10.1. The fourth-order valence-electron chi connectivity index (χ4n) is 3.28. The molecule has 27 heavy (non-hydrogen) atoms. The summed E-state index contributed by atoms with van der Waals surface area (Å²) < 4.78 is 5.71. The number of nitrogens with zero attached hydrogens (tertiary/aromatic N) is 3. The number of fused-ring (bicyclic) bond motifs is 1. The average Bonchev–Trinajstić information content (AvgIpc) is 3.20. The number of carbonyl (C=O) groups is 1. The zero-order valence-electron chi connectivity index (χ0n) is 15.3. The molecule has 2 aromatic heterocycles. The van der Waals surface area contributed by atoms with Crippen molar-refractivity contribution >= 4 is 23.6 Å². The van der Waals surface area contributed by atoms with Crippen LogP contribution in [0.4, 0.5) is 5.95 Å².